The van der Waals surface area contributed by atoms with Gasteiger partial charge in [-0.05, 0) is 44.9 Å². The number of benzene rings is 1. The van der Waals surface area contributed by atoms with Crippen LogP contribution in [0.5, 0.6) is 0 Å². The van der Waals surface area contributed by atoms with E-state index < -0.39 is 5.60 Å². The normalized spacial score (nSPS) is 16.2. The number of rotatable bonds is 2. The van der Waals surface area contributed by atoms with Gasteiger partial charge in [0.15, 0.2) is 0 Å². The zero-order valence-electron chi connectivity index (χ0n) is 14.1. The van der Waals surface area contributed by atoms with Crippen LogP contribution in [-0.4, -0.2) is 42.8 Å². The van der Waals surface area contributed by atoms with Gasteiger partial charge in [-0.1, -0.05) is 17.7 Å². The molecule has 128 valence electrons. The Morgan fingerprint density at radius 3 is 2.61 bits per heavy atom. The minimum absolute atomic E-state index is 0.246. The average Bonchev–Trinajstić information content (AvgIpc) is 2.71. The van der Waals surface area contributed by atoms with E-state index >= 15 is 0 Å². The van der Waals surface area contributed by atoms with Crippen molar-refractivity contribution in [3.8, 4) is 0 Å². The van der Waals surface area contributed by atoms with E-state index in [0.29, 0.717) is 24.7 Å². The first-order valence-corrected chi connectivity index (χ1v) is 8.39. The summed E-state index contributed by atoms with van der Waals surface area (Å²) in [5.74, 6) is 0. The van der Waals surface area contributed by atoms with Gasteiger partial charge in [-0.15, -0.1) is 0 Å². The minimum atomic E-state index is -0.468. The summed E-state index contributed by atoms with van der Waals surface area (Å²) in [6.45, 7) is 9.05. The Bertz CT molecular complexity index is 557. The van der Waals surface area contributed by atoms with E-state index in [1.54, 1.807) is 4.90 Å². The Morgan fingerprint density at radius 1 is 1.26 bits per heavy atom. The zero-order chi connectivity index (χ0) is 17.0. The maximum absolute atomic E-state index is 12.2. The highest BCUT2D eigenvalue weighted by Gasteiger charge is 2.25. The first kappa shape index (κ1) is 17.9. The second-order valence-electron chi connectivity index (χ2n) is 6.80. The number of hydrogen-bond acceptors (Lipinski definition) is 4. The number of carbonyl (C=O) groups is 1. The van der Waals surface area contributed by atoms with E-state index in [4.69, 9.17) is 22.1 Å². The van der Waals surface area contributed by atoms with Gasteiger partial charge in [-0.25, -0.2) is 4.79 Å². The van der Waals surface area contributed by atoms with E-state index in [9.17, 15) is 4.79 Å². The third-order valence-corrected chi connectivity index (χ3v) is 4.04. The predicted molar refractivity (Wildman–Crippen MR) is 94.0 cm³/mol. The van der Waals surface area contributed by atoms with Crippen molar-refractivity contribution in [3.05, 3.63) is 28.8 Å². The van der Waals surface area contributed by atoms with E-state index in [2.05, 4.69) is 4.90 Å². The molecule has 0 aromatic heterocycles. The summed E-state index contributed by atoms with van der Waals surface area (Å²) in [7, 11) is 0. The second kappa shape index (κ2) is 7.41. The van der Waals surface area contributed by atoms with Crippen LogP contribution in [0.3, 0.4) is 0 Å². The summed E-state index contributed by atoms with van der Waals surface area (Å²) in [6.07, 6.45) is 0.637. The Morgan fingerprint density at radius 2 is 2.00 bits per heavy atom. The van der Waals surface area contributed by atoms with Gasteiger partial charge in [0.1, 0.15) is 5.60 Å². The fourth-order valence-electron chi connectivity index (χ4n) is 2.60. The number of anilines is 1. The van der Waals surface area contributed by atoms with Gasteiger partial charge in [0.2, 0.25) is 0 Å². The Balaban J connectivity index is 2.02. The number of carbonyl (C=O) groups excluding carboxylic acids is 1. The number of nitrogens with zero attached hydrogens (tertiary/aromatic N) is 2. The SMILES string of the molecule is CC(C)(C)OC(=O)N1CCCN(c2ccc(CN)cc2Cl)CC1. The first-order valence-electron chi connectivity index (χ1n) is 8.01. The van der Waals surface area contributed by atoms with Crippen molar-refractivity contribution < 1.29 is 9.53 Å². The molecule has 0 spiro atoms. The molecule has 1 amide bonds. The third kappa shape index (κ3) is 5.01. The maximum Gasteiger partial charge on any atom is 0.410 e. The monoisotopic (exact) mass is 339 g/mol. The molecule has 6 heteroatoms. The molecule has 0 unspecified atom stereocenters. The average molecular weight is 340 g/mol. The fraction of sp³-hybridized carbons (Fsp3) is 0.588. The summed E-state index contributed by atoms with van der Waals surface area (Å²) >= 11 is 6.38. The number of hydrogen-bond donors (Lipinski definition) is 1. The maximum atomic E-state index is 12.2. The molecule has 0 radical (unpaired) electrons. The standard InChI is InChI=1S/C17H26ClN3O2/c1-17(2,3)23-16(22)21-8-4-7-20(9-10-21)15-6-5-13(12-19)11-14(15)18/h5-6,11H,4,7-10,12,19H2,1-3H3. The molecule has 0 atom stereocenters. The van der Waals surface area contributed by atoms with Crippen LogP contribution >= 0.6 is 11.6 Å². The number of nitrogens with two attached hydrogens (primary N) is 1. The molecule has 0 bridgehead atoms. The second-order valence-corrected chi connectivity index (χ2v) is 7.21. The molecule has 1 saturated heterocycles. The summed E-state index contributed by atoms with van der Waals surface area (Å²) in [4.78, 5) is 16.2. The number of amides is 1. The highest BCUT2D eigenvalue weighted by molar-refractivity contribution is 6.33. The van der Waals surface area contributed by atoms with E-state index in [1.807, 2.05) is 39.0 Å². The molecule has 1 aromatic rings. The molecule has 0 aliphatic carbocycles. The lowest BCUT2D eigenvalue weighted by Gasteiger charge is -2.27. The molecule has 1 fully saturated rings. The van der Waals surface area contributed by atoms with Crippen molar-refractivity contribution in [1.29, 1.82) is 0 Å². The Labute approximate surface area is 143 Å². The molecule has 1 heterocycles. The Kier molecular flexibility index (Phi) is 5.76. The van der Waals surface area contributed by atoms with Crippen molar-refractivity contribution in [3.63, 3.8) is 0 Å². The third-order valence-electron chi connectivity index (χ3n) is 3.74. The van der Waals surface area contributed by atoms with Gasteiger partial charge in [-0.3, -0.25) is 0 Å². The first-order chi connectivity index (χ1) is 10.8. The molecule has 0 saturated carbocycles. The summed E-state index contributed by atoms with van der Waals surface area (Å²) in [6, 6.07) is 5.92. The molecule has 1 aromatic carbocycles. The van der Waals surface area contributed by atoms with Crippen LogP contribution in [0.2, 0.25) is 5.02 Å². The fourth-order valence-corrected chi connectivity index (χ4v) is 2.92. The van der Waals surface area contributed by atoms with Gasteiger partial charge in [0.25, 0.3) is 0 Å². The lowest BCUT2D eigenvalue weighted by molar-refractivity contribution is 0.0263. The van der Waals surface area contributed by atoms with Crippen LogP contribution in [0.1, 0.15) is 32.8 Å². The van der Waals surface area contributed by atoms with Crippen molar-refractivity contribution in [2.45, 2.75) is 39.3 Å². The van der Waals surface area contributed by atoms with E-state index in [-0.39, 0.29) is 6.09 Å². The molecule has 5 nitrogen and oxygen atoms in total. The van der Waals surface area contributed by atoms with Crippen LogP contribution in [0.15, 0.2) is 18.2 Å². The highest BCUT2D eigenvalue weighted by Crippen LogP contribution is 2.28. The summed E-state index contributed by atoms with van der Waals surface area (Å²) < 4.78 is 5.46. The zero-order valence-corrected chi connectivity index (χ0v) is 14.9. The predicted octanol–water partition coefficient (Wildman–Crippen LogP) is 3.25. The van der Waals surface area contributed by atoms with Gasteiger partial charge >= 0.3 is 6.09 Å². The number of ether oxygens (including phenoxy) is 1. The smallest absolute Gasteiger partial charge is 0.410 e. The van der Waals surface area contributed by atoms with Gasteiger partial charge in [0.05, 0.1) is 10.7 Å². The van der Waals surface area contributed by atoms with Crippen LogP contribution in [0.4, 0.5) is 10.5 Å². The van der Waals surface area contributed by atoms with Crippen molar-refractivity contribution in [2.75, 3.05) is 31.1 Å². The van der Waals surface area contributed by atoms with Gasteiger partial charge in [0, 0.05) is 32.7 Å². The van der Waals surface area contributed by atoms with Crippen molar-refractivity contribution in [2.24, 2.45) is 5.73 Å². The topological polar surface area (TPSA) is 58.8 Å². The van der Waals surface area contributed by atoms with Crippen molar-refractivity contribution >= 4 is 23.4 Å². The van der Waals surface area contributed by atoms with Gasteiger partial charge < -0.3 is 20.3 Å². The molecule has 23 heavy (non-hydrogen) atoms. The van der Waals surface area contributed by atoms with Crippen LogP contribution in [0.25, 0.3) is 0 Å². The lowest BCUT2D eigenvalue weighted by atomic mass is 10.2. The van der Waals surface area contributed by atoms with E-state index in [0.717, 1.165) is 30.8 Å². The molecular formula is C17H26ClN3O2. The van der Waals surface area contributed by atoms with Crippen LogP contribution in [-0.2, 0) is 11.3 Å². The minimum Gasteiger partial charge on any atom is -0.444 e. The summed E-state index contributed by atoms with van der Waals surface area (Å²) in [5, 5.41) is 0.707. The summed E-state index contributed by atoms with van der Waals surface area (Å²) in [5.41, 5.74) is 7.19. The molecule has 1 aliphatic rings. The lowest BCUT2D eigenvalue weighted by Crippen LogP contribution is -2.39. The Hall–Kier alpha value is -1.46. The quantitative estimate of drug-likeness (QED) is 0.898. The molecular weight excluding hydrogens is 314 g/mol. The molecule has 2 rings (SSSR count). The van der Waals surface area contributed by atoms with E-state index in [1.165, 1.54) is 0 Å². The van der Waals surface area contributed by atoms with Crippen LogP contribution in [0, 0.1) is 0 Å². The van der Waals surface area contributed by atoms with Gasteiger partial charge in [-0.2, -0.15) is 0 Å². The van der Waals surface area contributed by atoms with Crippen LogP contribution < -0.4 is 10.6 Å². The number of halogens is 1. The molecule has 1 aliphatic heterocycles. The highest BCUT2D eigenvalue weighted by atomic mass is 35.5. The van der Waals surface area contributed by atoms with Crippen molar-refractivity contribution in [1.82, 2.24) is 4.90 Å². The molecule has 2 N–H and O–H groups in total. The largest absolute Gasteiger partial charge is 0.444 e.